The Balaban J connectivity index is 2.72. The molecule has 2 amide bonds. The molecule has 122 valence electrons. The predicted molar refractivity (Wildman–Crippen MR) is 78.0 cm³/mol. The molecule has 0 aromatic rings. The van der Waals surface area contributed by atoms with Crippen molar-refractivity contribution in [3.05, 3.63) is 0 Å². The van der Waals surface area contributed by atoms with Crippen LogP contribution >= 0.6 is 0 Å². The first-order chi connectivity index (χ1) is 9.76. The fourth-order valence-electron chi connectivity index (χ4n) is 2.32. The van der Waals surface area contributed by atoms with Crippen LogP contribution in [0.1, 0.15) is 12.8 Å². The highest BCUT2D eigenvalue weighted by Gasteiger charge is 2.36. The van der Waals surface area contributed by atoms with Gasteiger partial charge in [-0.2, -0.15) is 0 Å². The molecule has 2 N–H and O–H groups in total. The van der Waals surface area contributed by atoms with Crippen molar-refractivity contribution in [3.8, 4) is 0 Å². The molecule has 0 radical (unpaired) electrons. The molecular weight excluding hydrogens is 298 g/mol. The van der Waals surface area contributed by atoms with Gasteiger partial charge >= 0.3 is 12.0 Å². The number of hydrogen-bond donors (Lipinski definition) is 2. The van der Waals surface area contributed by atoms with Crippen molar-refractivity contribution < 1.29 is 23.1 Å². The molecule has 21 heavy (non-hydrogen) atoms. The zero-order valence-corrected chi connectivity index (χ0v) is 13.2. The summed E-state index contributed by atoms with van der Waals surface area (Å²) in [7, 11) is 0.181. The van der Waals surface area contributed by atoms with Crippen LogP contribution in [0.4, 0.5) is 4.79 Å². The van der Waals surface area contributed by atoms with Crippen molar-refractivity contribution in [1.29, 1.82) is 0 Å². The zero-order valence-electron chi connectivity index (χ0n) is 12.4. The SMILES string of the molecule is CNCCCN(C)C(=O)N1CCS(=O)(=O)CC1CC(=O)O. The number of carbonyl (C=O) groups is 2. The van der Waals surface area contributed by atoms with Crippen LogP contribution in [0, 0.1) is 0 Å². The van der Waals surface area contributed by atoms with Gasteiger partial charge in [-0.3, -0.25) is 4.79 Å². The van der Waals surface area contributed by atoms with Gasteiger partial charge in [0.2, 0.25) is 0 Å². The van der Waals surface area contributed by atoms with E-state index in [9.17, 15) is 18.0 Å². The Hall–Kier alpha value is -1.35. The second-order valence-electron chi connectivity index (χ2n) is 5.22. The standard InChI is InChI=1S/C12H23N3O5S/c1-13-4-3-5-14(2)12(18)15-6-7-21(19,20)9-10(15)8-11(16)17/h10,13H,3-9H2,1-2H3,(H,16,17). The maximum Gasteiger partial charge on any atom is 0.320 e. The van der Waals surface area contributed by atoms with E-state index >= 15 is 0 Å². The van der Waals surface area contributed by atoms with Gasteiger partial charge in [-0.25, -0.2) is 13.2 Å². The number of aliphatic carboxylic acids is 1. The van der Waals surface area contributed by atoms with Crippen LogP contribution in [-0.4, -0.2) is 86.6 Å². The quantitative estimate of drug-likeness (QED) is 0.622. The molecule has 1 saturated heterocycles. The Labute approximate surface area is 125 Å². The number of carboxylic acid groups (broad SMARTS) is 1. The van der Waals surface area contributed by atoms with Crippen molar-refractivity contribution in [2.75, 3.05) is 45.2 Å². The minimum atomic E-state index is -3.28. The molecule has 0 spiro atoms. The van der Waals surface area contributed by atoms with Gasteiger partial charge < -0.3 is 20.2 Å². The molecule has 8 nitrogen and oxygen atoms in total. The lowest BCUT2D eigenvalue weighted by atomic mass is 10.2. The van der Waals surface area contributed by atoms with Crippen molar-refractivity contribution >= 4 is 21.8 Å². The Morgan fingerprint density at radius 1 is 1.43 bits per heavy atom. The topological polar surface area (TPSA) is 107 Å². The third-order valence-electron chi connectivity index (χ3n) is 3.43. The molecule has 0 aliphatic carbocycles. The number of urea groups is 1. The highest BCUT2D eigenvalue weighted by Crippen LogP contribution is 2.17. The van der Waals surface area contributed by atoms with Crippen LogP contribution in [0.2, 0.25) is 0 Å². The van der Waals surface area contributed by atoms with Gasteiger partial charge in [-0.1, -0.05) is 0 Å². The summed E-state index contributed by atoms with van der Waals surface area (Å²) in [5, 5.41) is 11.9. The first-order valence-corrected chi connectivity index (χ1v) is 8.67. The molecule has 0 saturated carbocycles. The number of hydrogen-bond acceptors (Lipinski definition) is 5. The summed E-state index contributed by atoms with van der Waals surface area (Å²) in [6.07, 6.45) is 0.420. The fourth-order valence-corrected chi connectivity index (χ4v) is 3.84. The molecule has 1 aliphatic heterocycles. The maximum absolute atomic E-state index is 12.3. The minimum Gasteiger partial charge on any atom is -0.481 e. The van der Waals surface area contributed by atoms with Crippen molar-refractivity contribution in [3.63, 3.8) is 0 Å². The van der Waals surface area contributed by atoms with E-state index in [1.54, 1.807) is 7.05 Å². The third kappa shape index (κ3) is 5.50. The fraction of sp³-hybridized carbons (Fsp3) is 0.833. The first kappa shape index (κ1) is 17.7. The Morgan fingerprint density at radius 3 is 2.67 bits per heavy atom. The number of sulfone groups is 1. The van der Waals surface area contributed by atoms with E-state index in [1.807, 2.05) is 7.05 Å². The maximum atomic E-state index is 12.3. The Kier molecular flexibility index (Phi) is 6.41. The predicted octanol–water partition coefficient (Wildman–Crippen LogP) is -0.779. The number of carbonyl (C=O) groups excluding carboxylic acids is 1. The summed E-state index contributed by atoms with van der Waals surface area (Å²) in [5.74, 6) is -1.50. The van der Waals surface area contributed by atoms with E-state index in [1.165, 1.54) is 9.80 Å². The monoisotopic (exact) mass is 321 g/mol. The van der Waals surface area contributed by atoms with Crippen LogP contribution in [0.5, 0.6) is 0 Å². The van der Waals surface area contributed by atoms with Crippen molar-refractivity contribution in [2.24, 2.45) is 0 Å². The summed E-state index contributed by atoms with van der Waals surface area (Å²) >= 11 is 0. The highest BCUT2D eigenvalue weighted by molar-refractivity contribution is 7.91. The summed E-state index contributed by atoms with van der Waals surface area (Å²) in [4.78, 5) is 26.1. The van der Waals surface area contributed by atoms with E-state index < -0.39 is 21.8 Å². The minimum absolute atomic E-state index is 0.0511. The van der Waals surface area contributed by atoms with Crippen LogP contribution in [0.25, 0.3) is 0 Å². The average molecular weight is 321 g/mol. The largest absolute Gasteiger partial charge is 0.481 e. The molecular formula is C12H23N3O5S. The van der Waals surface area contributed by atoms with Gasteiger partial charge in [0, 0.05) is 20.1 Å². The molecule has 1 fully saturated rings. The lowest BCUT2D eigenvalue weighted by Crippen LogP contribution is -2.55. The zero-order chi connectivity index (χ0) is 16.0. The van der Waals surface area contributed by atoms with Crippen molar-refractivity contribution in [2.45, 2.75) is 18.9 Å². The van der Waals surface area contributed by atoms with Crippen LogP contribution in [-0.2, 0) is 14.6 Å². The van der Waals surface area contributed by atoms with Crippen LogP contribution in [0.15, 0.2) is 0 Å². The Morgan fingerprint density at radius 2 is 2.10 bits per heavy atom. The average Bonchev–Trinajstić information content (AvgIpc) is 2.36. The van der Waals surface area contributed by atoms with Gasteiger partial charge in [0.25, 0.3) is 0 Å². The number of rotatable bonds is 6. The van der Waals surface area contributed by atoms with Crippen LogP contribution in [0.3, 0.4) is 0 Å². The number of nitrogens with one attached hydrogen (secondary N) is 1. The van der Waals surface area contributed by atoms with E-state index in [2.05, 4.69) is 5.32 Å². The molecule has 1 heterocycles. The Bertz CT molecular complexity index is 479. The summed E-state index contributed by atoms with van der Waals surface area (Å²) in [6, 6.07) is -1.10. The molecule has 1 unspecified atom stereocenters. The van der Waals surface area contributed by atoms with E-state index in [0.717, 1.165) is 13.0 Å². The van der Waals surface area contributed by atoms with Crippen molar-refractivity contribution in [1.82, 2.24) is 15.1 Å². The highest BCUT2D eigenvalue weighted by atomic mass is 32.2. The lowest BCUT2D eigenvalue weighted by Gasteiger charge is -2.37. The number of carboxylic acids is 1. The van der Waals surface area contributed by atoms with E-state index in [0.29, 0.717) is 6.54 Å². The molecule has 1 atom stereocenters. The van der Waals surface area contributed by atoms with Crippen LogP contribution < -0.4 is 5.32 Å². The third-order valence-corrected chi connectivity index (χ3v) is 5.13. The number of nitrogens with zero attached hydrogens (tertiary/aromatic N) is 2. The first-order valence-electron chi connectivity index (χ1n) is 6.85. The molecule has 1 rings (SSSR count). The summed E-state index contributed by atoms with van der Waals surface area (Å²) in [5.41, 5.74) is 0. The van der Waals surface area contributed by atoms with Gasteiger partial charge in [-0.15, -0.1) is 0 Å². The van der Waals surface area contributed by atoms with Gasteiger partial charge in [0.1, 0.15) is 0 Å². The smallest absolute Gasteiger partial charge is 0.320 e. The molecule has 9 heteroatoms. The second kappa shape index (κ2) is 7.60. The summed E-state index contributed by atoms with van der Waals surface area (Å²) in [6.45, 7) is 1.35. The molecule has 0 aromatic carbocycles. The van der Waals surface area contributed by atoms with E-state index in [4.69, 9.17) is 5.11 Å². The van der Waals surface area contributed by atoms with Gasteiger partial charge in [-0.05, 0) is 20.0 Å². The van der Waals surface area contributed by atoms with E-state index in [-0.39, 0.29) is 30.5 Å². The summed E-state index contributed by atoms with van der Waals surface area (Å²) < 4.78 is 23.3. The van der Waals surface area contributed by atoms with Gasteiger partial charge in [0.05, 0.1) is 24.0 Å². The molecule has 0 bridgehead atoms. The molecule has 0 aromatic heterocycles. The molecule has 1 aliphatic rings. The normalized spacial score (nSPS) is 21.0. The lowest BCUT2D eigenvalue weighted by molar-refractivity contribution is -0.138. The van der Waals surface area contributed by atoms with Gasteiger partial charge in [0.15, 0.2) is 9.84 Å². The number of amides is 2. The second-order valence-corrected chi connectivity index (χ2v) is 7.45.